The summed E-state index contributed by atoms with van der Waals surface area (Å²) in [6.07, 6.45) is 4.89. The number of aryl methyl sites for hydroxylation is 1. The monoisotopic (exact) mass is 324 g/mol. The van der Waals surface area contributed by atoms with Gasteiger partial charge in [0.25, 0.3) is 0 Å². The van der Waals surface area contributed by atoms with E-state index in [4.69, 9.17) is 5.11 Å². The molecule has 0 atom stereocenters. The molecule has 6 nitrogen and oxygen atoms in total. The van der Waals surface area contributed by atoms with Crippen LogP contribution in [0, 0.1) is 0 Å². The summed E-state index contributed by atoms with van der Waals surface area (Å²) in [6, 6.07) is 1.86. The summed E-state index contributed by atoms with van der Waals surface area (Å²) in [5.41, 5.74) is 0.861. The number of amides is 1. The van der Waals surface area contributed by atoms with Gasteiger partial charge in [-0.2, -0.15) is 0 Å². The number of hydrogen-bond donors (Lipinski definition) is 2. The first-order valence-corrected chi connectivity index (χ1v) is 8.16. The van der Waals surface area contributed by atoms with E-state index in [9.17, 15) is 4.79 Å². The number of carbonyl (C=O) groups excluding carboxylic acids is 1. The number of carbonyl (C=O) groups is 1. The zero-order valence-electron chi connectivity index (χ0n) is 11.5. The second-order valence-corrected chi connectivity index (χ2v) is 6.22. The number of hydrogen-bond acceptors (Lipinski definition) is 6. The van der Waals surface area contributed by atoms with Gasteiger partial charge in [0.15, 0.2) is 5.16 Å². The van der Waals surface area contributed by atoms with Gasteiger partial charge in [0, 0.05) is 30.3 Å². The van der Waals surface area contributed by atoms with Crippen molar-refractivity contribution in [3.05, 3.63) is 34.3 Å². The SMILES string of the molecule is Cn1cnnc1SCCNC(=O)/C=C/c1cc(CO)cs1. The fourth-order valence-corrected chi connectivity index (χ4v) is 3.04. The second-order valence-electron chi connectivity index (χ2n) is 4.21. The van der Waals surface area contributed by atoms with Crippen LogP contribution in [-0.2, 0) is 18.4 Å². The molecular weight excluding hydrogens is 308 g/mol. The molecule has 8 heteroatoms. The highest BCUT2D eigenvalue weighted by Crippen LogP contribution is 2.16. The fourth-order valence-electron chi connectivity index (χ4n) is 1.50. The Kier molecular flexibility index (Phi) is 5.97. The minimum Gasteiger partial charge on any atom is -0.392 e. The minimum absolute atomic E-state index is 0.0236. The van der Waals surface area contributed by atoms with E-state index in [1.54, 1.807) is 24.2 Å². The maximum Gasteiger partial charge on any atom is 0.244 e. The van der Waals surface area contributed by atoms with E-state index in [1.807, 2.05) is 23.1 Å². The van der Waals surface area contributed by atoms with Gasteiger partial charge in [0.1, 0.15) is 6.33 Å². The second kappa shape index (κ2) is 7.96. The van der Waals surface area contributed by atoms with E-state index in [-0.39, 0.29) is 12.5 Å². The summed E-state index contributed by atoms with van der Waals surface area (Å²) in [5.74, 6) is 0.604. The number of aromatic nitrogens is 3. The molecular formula is C13H16N4O2S2. The van der Waals surface area contributed by atoms with Gasteiger partial charge in [0.05, 0.1) is 6.61 Å². The predicted molar refractivity (Wildman–Crippen MR) is 84.0 cm³/mol. The Bertz CT molecular complexity index is 621. The summed E-state index contributed by atoms with van der Waals surface area (Å²) in [5, 5.41) is 22.2. The van der Waals surface area contributed by atoms with Crippen LogP contribution in [0.4, 0.5) is 0 Å². The molecule has 2 rings (SSSR count). The maximum atomic E-state index is 11.6. The van der Waals surface area contributed by atoms with E-state index in [1.165, 1.54) is 17.4 Å². The standard InChI is InChI=1S/C13H16N4O2S2/c1-17-9-15-16-13(17)20-5-4-14-12(19)3-2-11-6-10(7-18)8-21-11/h2-3,6,8-9,18H,4-5,7H2,1H3,(H,14,19)/b3-2+. The predicted octanol–water partition coefficient (Wildman–Crippen LogP) is 1.29. The lowest BCUT2D eigenvalue weighted by Gasteiger charge is -2.01. The first-order valence-electron chi connectivity index (χ1n) is 6.30. The van der Waals surface area contributed by atoms with Crippen molar-refractivity contribution < 1.29 is 9.90 Å². The smallest absolute Gasteiger partial charge is 0.244 e. The van der Waals surface area contributed by atoms with Gasteiger partial charge in [-0.05, 0) is 23.1 Å². The molecule has 112 valence electrons. The van der Waals surface area contributed by atoms with Gasteiger partial charge in [-0.25, -0.2) is 0 Å². The van der Waals surface area contributed by atoms with Crippen LogP contribution in [0.15, 0.2) is 29.0 Å². The summed E-state index contributed by atoms with van der Waals surface area (Å²) in [4.78, 5) is 12.6. The van der Waals surface area contributed by atoms with Gasteiger partial charge >= 0.3 is 0 Å². The Hall–Kier alpha value is -1.64. The molecule has 0 unspecified atom stereocenters. The topological polar surface area (TPSA) is 80.0 Å². The van der Waals surface area contributed by atoms with Crippen LogP contribution in [0.1, 0.15) is 10.4 Å². The Morgan fingerprint density at radius 2 is 2.48 bits per heavy atom. The third-order valence-electron chi connectivity index (χ3n) is 2.56. The number of rotatable bonds is 7. The third-order valence-corrected chi connectivity index (χ3v) is 4.54. The molecule has 0 bridgehead atoms. The van der Waals surface area contributed by atoms with Crippen molar-refractivity contribution >= 4 is 35.1 Å². The molecule has 0 aliphatic carbocycles. The van der Waals surface area contributed by atoms with Gasteiger partial charge in [-0.15, -0.1) is 21.5 Å². The number of aliphatic hydroxyl groups excluding tert-OH is 1. The van der Waals surface area contributed by atoms with Crippen LogP contribution in [-0.4, -0.2) is 38.1 Å². The van der Waals surface area contributed by atoms with Gasteiger partial charge < -0.3 is 15.0 Å². The van der Waals surface area contributed by atoms with Gasteiger partial charge in [-0.3, -0.25) is 4.79 Å². The maximum absolute atomic E-state index is 11.6. The molecule has 0 saturated heterocycles. The van der Waals surface area contributed by atoms with Crippen LogP contribution in [0.5, 0.6) is 0 Å². The Balaban J connectivity index is 1.68. The van der Waals surface area contributed by atoms with Gasteiger partial charge in [0.2, 0.25) is 5.91 Å². The molecule has 2 aromatic rings. The quantitative estimate of drug-likeness (QED) is 0.456. The highest BCUT2D eigenvalue weighted by Gasteiger charge is 2.02. The van der Waals surface area contributed by atoms with E-state index in [2.05, 4.69) is 15.5 Å². The molecule has 0 fully saturated rings. The van der Waals surface area contributed by atoms with Crippen molar-refractivity contribution in [2.75, 3.05) is 12.3 Å². The summed E-state index contributed by atoms with van der Waals surface area (Å²) < 4.78 is 1.84. The normalized spacial score (nSPS) is 11.1. The average molecular weight is 324 g/mol. The zero-order valence-corrected chi connectivity index (χ0v) is 13.2. The molecule has 0 aliphatic rings. The van der Waals surface area contributed by atoms with Crippen LogP contribution < -0.4 is 5.32 Å². The van der Waals surface area contributed by atoms with E-state index >= 15 is 0 Å². The molecule has 21 heavy (non-hydrogen) atoms. The van der Waals surface area contributed by atoms with Crippen LogP contribution in [0.25, 0.3) is 6.08 Å². The number of thiophene rings is 1. The van der Waals surface area contributed by atoms with E-state index in [0.29, 0.717) is 6.54 Å². The largest absolute Gasteiger partial charge is 0.392 e. The Labute approximate surface area is 130 Å². The zero-order chi connectivity index (χ0) is 15.1. The van der Waals surface area contributed by atoms with Gasteiger partial charge in [-0.1, -0.05) is 11.8 Å². The third kappa shape index (κ3) is 5.00. The fraction of sp³-hybridized carbons (Fsp3) is 0.308. The van der Waals surface area contributed by atoms with Crippen molar-refractivity contribution in [2.45, 2.75) is 11.8 Å². The van der Waals surface area contributed by atoms with Crippen molar-refractivity contribution in [3.8, 4) is 0 Å². The van der Waals surface area contributed by atoms with Crippen molar-refractivity contribution in [1.82, 2.24) is 20.1 Å². The van der Waals surface area contributed by atoms with Crippen molar-refractivity contribution in [3.63, 3.8) is 0 Å². The first kappa shape index (κ1) is 15.7. The molecule has 0 aliphatic heterocycles. The highest BCUT2D eigenvalue weighted by atomic mass is 32.2. The summed E-state index contributed by atoms with van der Waals surface area (Å²) in [6.45, 7) is 0.586. The van der Waals surface area contributed by atoms with E-state index in [0.717, 1.165) is 21.3 Å². The van der Waals surface area contributed by atoms with Crippen molar-refractivity contribution in [1.29, 1.82) is 0 Å². The highest BCUT2D eigenvalue weighted by molar-refractivity contribution is 7.99. The van der Waals surface area contributed by atoms with Crippen LogP contribution in [0.3, 0.4) is 0 Å². The lowest BCUT2D eigenvalue weighted by Crippen LogP contribution is -2.23. The summed E-state index contributed by atoms with van der Waals surface area (Å²) in [7, 11) is 1.88. The molecule has 2 aromatic heterocycles. The molecule has 2 heterocycles. The summed E-state index contributed by atoms with van der Waals surface area (Å²) >= 11 is 3.04. The Morgan fingerprint density at radius 1 is 1.62 bits per heavy atom. The van der Waals surface area contributed by atoms with Crippen LogP contribution in [0.2, 0.25) is 0 Å². The Morgan fingerprint density at radius 3 is 3.14 bits per heavy atom. The average Bonchev–Trinajstić information content (AvgIpc) is 3.10. The molecule has 0 radical (unpaired) electrons. The number of thioether (sulfide) groups is 1. The lowest BCUT2D eigenvalue weighted by atomic mass is 10.3. The minimum atomic E-state index is -0.132. The first-order chi connectivity index (χ1) is 10.2. The number of nitrogens with zero attached hydrogens (tertiary/aromatic N) is 3. The molecule has 2 N–H and O–H groups in total. The van der Waals surface area contributed by atoms with Crippen molar-refractivity contribution in [2.24, 2.45) is 7.05 Å². The van der Waals surface area contributed by atoms with E-state index < -0.39 is 0 Å². The molecule has 0 aromatic carbocycles. The molecule has 0 saturated carbocycles. The van der Waals surface area contributed by atoms with Crippen LogP contribution >= 0.6 is 23.1 Å². The molecule has 1 amide bonds. The lowest BCUT2D eigenvalue weighted by molar-refractivity contribution is -0.116. The molecule has 0 spiro atoms. The number of nitrogens with one attached hydrogen (secondary N) is 1. The number of aliphatic hydroxyl groups is 1.